The third-order valence-corrected chi connectivity index (χ3v) is 4.75. The van der Waals surface area contributed by atoms with Gasteiger partial charge in [-0.15, -0.1) is 0 Å². The van der Waals surface area contributed by atoms with E-state index in [1.54, 1.807) is 4.90 Å². The standard InChI is InChI=1S/C20H23NO3/c1-24-15-19(22)21-14-8-13-18(21)20(23,16-9-4-2-5-10-16)17-11-6-3-7-12-17/h2-7,9-12,18,23H,8,13-15H2,1H3/t18-/m1/s1. The Kier molecular flexibility index (Phi) is 4.97. The Balaban J connectivity index is 2.07. The second kappa shape index (κ2) is 7.16. The molecule has 2 aromatic carbocycles. The summed E-state index contributed by atoms with van der Waals surface area (Å²) in [6.45, 7) is 0.686. The van der Waals surface area contributed by atoms with Crippen molar-refractivity contribution in [3.63, 3.8) is 0 Å². The average Bonchev–Trinajstić information content (AvgIpc) is 3.13. The second-order valence-electron chi connectivity index (χ2n) is 6.18. The van der Waals surface area contributed by atoms with Gasteiger partial charge in [-0.25, -0.2) is 0 Å². The summed E-state index contributed by atoms with van der Waals surface area (Å²) in [7, 11) is 1.52. The summed E-state index contributed by atoms with van der Waals surface area (Å²) in [6, 6.07) is 18.9. The van der Waals surface area contributed by atoms with Crippen molar-refractivity contribution in [2.45, 2.75) is 24.5 Å². The first-order chi connectivity index (χ1) is 11.7. The quantitative estimate of drug-likeness (QED) is 0.919. The Bertz CT molecular complexity index is 632. The number of rotatable bonds is 5. The van der Waals surface area contributed by atoms with E-state index in [0.29, 0.717) is 6.54 Å². The molecule has 2 aromatic rings. The number of ether oxygens (including phenoxy) is 1. The Morgan fingerprint density at radius 2 is 1.67 bits per heavy atom. The lowest BCUT2D eigenvalue weighted by molar-refractivity contribution is -0.140. The van der Waals surface area contributed by atoms with Crippen molar-refractivity contribution in [2.75, 3.05) is 20.3 Å². The number of hydrogen-bond donors (Lipinski definition) is 1. The predicted octanol–water partition coefficient (Wildman–Crippen LogP) is 2.56. The lowest BCUT2D eigenvalue weighted by atomic mass is 9.79. The first-order valence-corrected chi connectivity index (χ1v) is 8.29. The van der Waals surface area contributed by atoms with Crippen LogP contribution in [0.4, 0.5) is 0 Å². The molecule has 0 saturated carbocycles. The summed E-state index contributed by atoms with van der Waals surface area (Å²) < 4.78 is 5.02. The van der Waals surface area contributed by atoms with E-state index >= 15 is 0 Å². The van der Waals surface area contributed by atoms with Gasteiger partial charge in [0.15, 0.2) is 0 Å². The summed E-state index contributed by atoms with van der Waals surface area (Å²) in [4.78, 5) is 14.2. The van der Waals surface area contributed by atoms with Gasteiger partial charge >= 0.3 is 0 Å². The Morgan fingerprint density at radius 1 is 1.12 bits per heavy atom. The van der Waals surface area contributed by atoms with Gasteiger partial charge in [0.1, 0.15) is 12.2 Å². The molecular weight excluding hydrogens is 302 g/mol. The van der Waals surface area contributed by atoms with Crippen molar-refractivity contribution >= 4 is 5.91 Å². The molecule has 24 heavy (non-hydrogen) atoms. The lowest BCUT2D eigenvalue weighted by Gasteiger charge is -2.40. The molecule has 1 heterocycles. The van der Waals surface area contributed by atoms with E-state index in [1.807, 2.05) is 60.7 Å². The van der Waals surface area contributed by atoms with E-state index in [4.69, 9.17) is 4.74 Å². The minimum Gasteiger partial charge on any atom is -0.378 e. The van der Waals surface area contributed by atoms with E-state index in [1.165, 1.54) is 7.11 Å². The zero-order valence-corrected chi connectivity index (χ0v) is 13.9. The molecule has 4 nitrogen and oxygen atoms in total. The first-order valence-electron chi connectivity index (χ1n) is 8.29. The fraction of sp³-hybridized carbons (Fsp3) is 0.350. The fourth-order valence-electron chi connectivity index (χ4n) is 3.64. The molecule has 0 aromatic heterocycles. The van der Waals surface area contributed by atoms with Crippen molar-refractivity contribution in [3.05, 3.63) is 71.8 Å². The highest BCUT2D eigenvalue weighted by Crippen LogP contribution is 2.40. The largest absolute Gasteiger partial charge is 0.378 e. The molecule has 0 aliphatic carbocycles. The van der Waals surface area contributed by atoms with Gasteiger partial charge in [0.2, 0.25) is 5.91 Å². The highest BCUT2D eigenvalue weighted by Gasteiger charge is 2.46. The third kappa shape index (κ3) is 2.95. The lowest BCUT2D eigenvalue weighted by Crippen LogP contribution is -2.51. The fourth-order valence-corrected chi connectivity index (χ4v) is 3.64. The summed E-state index contributed by atoms with van der Waals surface area (Å²) in [5.74, 6) is -0.0784. The van der Waals surface area contributed by atoms with Crippen LogP contribution in [0, 0.1) is 0 Å². The highest BCUT2D eigenvalue weighted by molar-refractivity contribution is 5.78. The molecule has 1 saturated heterocycles. The van der Waals surface area contributed by atoms with Gasteiger partial charge in [-0.2, -0.15) is 0 Å². The number of benzene rings is 2. The van der Waals surface area contributed by atoms with Gasteiger partial charge in [0, 0.05) is 13.7 Å². The highest BCUT2D eigenvalue weighted by atomic mass is 16.5. The van der Waals surface area contributed by atoms with E-state index in [2.05, 4.69) is 0 Å². The van der Waals surface area contributed by atoms with Crippen LogP contribution in [-0.4, -0.2) is 42.2 Å². The van der Waals surface area contributed by atoms with Gasteiger partial charge in [-0.3, -0.25) is 4.79 Å². The molecule has 1 atom stereocenters. The van der Waals surface area contributed by atoms with Crippen LogP contribution in [0.5, 0.6) is 0 Å². The van der Waals surface area contributed by atoms with Crippen molar-refractivity contribution in [3.8, 4) is 0 Å². The molecule has 0 bridgehead atoms. The summed E-state index contributed by atoms with van der Waals surface area (Å²) in [5.41, 5.74) is 0.374. The van der Waals surface area contributed by atoms with Crippen LogP contribution in [0.2, 0.25) is 0 Å². The smallest absolute Gasteiger partial charge is 0.248 e. The molecule has 1 fully saturated rings. The van der Waals surface area contributed by atoms with E-state index in [9.17, 15) is 9.90 Å². The number of aliphatic hydroxyl groups is 1. The van der Waals surface area contributed by atoms with Crippen LogP contribution in [0.15, 0.2) is 60.7 Å². The molecule has 126 valence electrons. The SMILES string of the molecule is COCC(=O)N1CCC[C@@H]1C(O)(c1ccccc1)c1ccccc1. The minimum absolute atomic E-state index is 0.0379. The van der Waals surface area contributed by atoms with Crippen molar-refractivity contribution in [1.29, 1.82) is 0 Å². The van der Waals surface area contributed by atoms with E-state index in [-0.39, 0.29) is 18.6 Å². The van der Waals surface area contributed by atoms with Crippen LogP contribution in [0.1, 0.15) is 24.0 Å². The topological polar surface area (TPSA) is 49.8 Å². The normalized spacial score (nSPS) is 17.9. The second-order valence-corrected chi connectivity index (χ2v) is 6.18. The van der Waals surface area contributed by atoms with Crippen LogP contribution in [0.25, 0.3) is 0 Å². The average molecular weight is 325 g/mol. The number of amides is 1. The predicted molar refractivity (Wildman–Crippen MR) is 92.5 cm³/mol. The molecule has 0 spiro atoms. The van der Waals surface area contributed by atoms with Crippen LogP contribution in [-0.2, 0) is 15.1 Å². The number of carbonyl (C=O) groups is 1. The molecule has 1 aliphatic heterocycles. The minimum atomic E-state index is -1.23. The van der Waals surface area contributed by atoms with Gasteiger partial charge in [-0.1, -0.05) is 60.7 Å². The number of methoxy groups -OCH3 is 1. The third-order valence-electron chi connectivity index (χ3n) is 4.75. The monoisotopic (exact) mass is 325 g/mol. The Hall–Kier alpha value is -2.17. The van der Waals surface area contributed by atoms with Gasteiger partial charge in [0.05, 0.1) is 6.04 Å². The summed E-state index contributed by atoms with van der Waals surface area (Å²) in [5, 5.41) is 11.8. The number of nitrogens with zero attached hydrogens (tertiary/aromatic N) is 1. The molecule has 1 N–H and O–H groups in total. The number of hydrogen-bond acceptors (Lipinski definition) is 3. The number of carbonyl (C=O) groups excluding carboxylic acids is 1. The van der Waals surface area contributed by atoms with Crippen LogP contribution < -0.4 is 0 Å². The molecular formula is C20H23NO3. The van der Waals surface area contributed by atoms with Gasteiger partial charge < -0.3 is 14.7 Å². The van der Waals surface area contributed by atoms with Crippen LogP contribution in [0.3, 0.4) is 0 Å². The zero-order valence-electron chi connectivity index (χ0n) is 13.9. The molecule has 3 rings (SSSR count). The first kappa shape index (κ1) is 16.7. The molecule has 4 heteroatoms. The van der Waals surface area contributed by atoms with E-state index in [0.717, 1.165) is 24.0 Å². The van der Waals surface area contributed by atoms with E-state index < -0.39 is 5.60 Å². The number of likely N-dealkylation sites (tertiary alicyclic amines) is 1. The summed E-state index contributed by atoms with van der Waals surface area (Å²) in [6.07, 6.45) is 1.64. The van der Waals surface area contributed by atoms with Crippen molar-refractivity contribution < 1.29 is 14.6 Å². The van der Waals surface area contributed by atoms with Crippen molar-refractivity contribution in [2.24, 2.45) is 0 Å². The zero-order chi connectivity index (χ0) is 17.0. The Morgan fingerprint density at radius 3 is 2.17 bits per heavy atom. The van der Waals surface area contributed by atoms with Gasteiger partial charge in [0.25, 0.3) is 0 Å². The molecule has 0 radical (unpaired) electrons. The Labute approximate surface area is 142 Å². The molecule has 1 aliphatic rings. The van der Waals surface area contributed by atoms with Crippen LogP contribution >= 0.6 is 0 Å². The van der Waals surface area contributed by atoms with Gasteiger partial charge in [-0.05, 0) is 24.0 Å². The maximum Gasteiger partial charge on any atom is 0.248 e. The summed E-state index contributed by atoms with van der Waals surface area (Å²) >= 11 is 0. The van der Waals surface area contributed by atoms with Crippen molar-refractivity contribution in [1.82, 2.24) is 4.90 Å². The maximum atomic E-state index is 12.5. The maximum absolute atomic E-state index is 12.5. The molecule has 0 unspecified atom stereocenters. The molecule has 1 amide bonds.